The van der Waals surface area contributed by atoms with Crippen LogP contribution in [-0.4, -0.2) is 18.1 Å². The Labute approximate surface area is 203 Å². The Morgan fingerprint density at radius 3 is 2.48 bits per heavy atom. The van der Waals surface area contributed by atoms with E-state index in [1.807, 2.05) is 0 Å². The molecule has 5 rings (SSSR count). The van der Waals surface area contributed by atoms with E-state index in [2.05, 4.69) is 31.9 Å². The fourth-order valence-electron chi connectivity index (χ4n) is 4.04. The van der Waals surface area contributed by atoms with Crippen molar-refractivity contribution in [3.8, 4) is 11.5 Å². The van der Waals surface area contributed by atoms with Gasteiger partial charge in [-0.25, -0.2) is 4.39 Å². The van der Waals surface area contributed by atoms with Crippen LogP contribution in [0.5, 0.6) is 11.5 Å². The molecule has 0 spiro atoms. The number of nitrogens with zero attached hydrogens (tertiary/aromatic N) is 1. The number of halogens is 3. The average molecular weight is 575 g/mol. The molecule has 0 aliphatic carbocycles. The molecule has 33 heavy (non-hydrogen) atoms. The highest BCUT2D eigenvalue weighted by atomic mass is 79.9. The number of methoxy groups -OCH3 is 1. The number of anilines is 1. The summed E-state index contributed by atoms with van der Waals surface area (Å²) in [6.07, 6.45) is 0. The molecule has 6 nitrogen and oxygen atoms in total. The van der Waals surface area contributed by atoms with Gasteiger partial charge in [0.05, 0.1) is 28.6 Å². The Morgan fingerprint density at radius 1 is 1.06 bits per heavy atom. The van der Waals surface area contributed by atoms with E-state index in [1.54, 1.807) is 30.3 Å². The van der Waals surface area contributed by atoms with Crippen LogP contribution >= 0.6 is 31.9 Å². The predicted octanol–water partition coefficient (Wildman–Crippen LogP) is 5.92. The van der Waals surface area contributed by atoms with Gasteiger partial charge in [-0.15, -0.1) is 0 Å². The molecule has 1 atom stereocenters. The van der Waals surface area contributed by atoms with Crippen LogP contribution in [0.3, 0.4) is 0 Å². The second-order valence-electron chi connectivity index (χ2n) is 7.42. The number of carbonyl (C=O) groups is 1. The summed E-state index contributed by atoms with van der Waals surface area (Å²) >= 11 is 6.67. The van der Waals surface area contributed by atoms with E-state index in [4.69, 9.17) is 9.15 Å². The molecule has 1 aromatic heterocycles. The Balaban J connectivity index is 1.84. The van der Waals surface area contributed by atoms with Crippen molar-refractivity contribution in [2.45, 2.75) is 6.04 Å². The highest BCUT2D eigenvalue weighted by molar-refractivity contribution is 9.10. The summed E-state index contributed by atoms with van der Waals surface area (Å²) in [6.45, 7) is 0. The summed E-state index contributed by atoms with van der Waals surface area (Å²) < 4.78 is 25.8. The molecular weight excluding hydrogens is 561 g/mol. The fourth-order valence-corrected chi connectivity index (χ4v) is 4.86. The molecule has 1 amide bonds. The van der Waals surface area contributed by atoms with E-state index < -0.39 is 17.8 Å². The number of aromatic hydroxyl groups is 1. The molecule has 0 saturated heterocycles. The van der Waals surface area contributed by atoms with Crippen LogP contribution in [-0.2, 0) is 0 Å². The van der Waals surface area contributed by atoms with Crippen molar-refractivity contribution in [2.75, 3.05) is 12.0 Å². The second-order valence-corrected chi connectivity index (χ2v) is 9.19. The van der Waals surface area contributed by atoms with Gasteiger partial charge in [-0.2, -0.15) is 0 Å². The number of phenols is 1. The maximum Gasteiger partial charge on any atom is 0.295 e. The first-order chi connectivity index (χ1) is 15.8. The van der Waals surface area contributed by atoms with Gasteiger partial charge < -0.3 is 14.3 Å². The zero-order valence-electron chi connectivity index (χ0n) is 16.9. The van der Waals surface area contributed by atoms with Gasteiger partial charge in [-0.05, 0) is 76.1 Å². The molecule has 0 saturated carbocycles. The lowest BCUT2D eigenvalue weighted by Gasteiger charge is -2.26. The molecule has 3 aromatic carbocycles. The second kappa shape index (κ2) is 8.00. The van der Waals surface area contributed by atoms with Crippen LogP contribution in [0.4, 0.5) is 10.1 Å². The van der Waals surface area contributed by atoms with E-state index in [0.717, 1.165) is 0 Å². The van der Waals surface area contributed by atoms with Crippen LogP contribution in [0.1, 0.15) is 27.7 Å². The minimum Gasteiger partial charge on any atom is -0.503 e. The van der Waals surface area contributed by atoms with Crippen molar-refractivity contribution >= 4 is 54.4 Å². The summed E-state index contributed by atoms with van der Waals surface area (Å²) in [7, 11) is 1.40. The summed E-state index contributed by atoms with van der Waals surface area (Å²) in [6, 6.07) is 12.6. The SMILES string of the molecule is COc1cc(C2c3c(oc4ccc(Br)cc4c3=O)C(=O)N2c2ccc(F)cc2)cc(Br)c1O. The van der Waals surface area contributed by atoms with Gasteiger partial charge in [0.15, 0.2) is 16.9 Å². The molecule has 166 valence electrons. The van der Waals surface area contributed by atoms with Crippen LogP contribution in [0.15, 0.2) is 72.8 Å². The van der Waals surface area contributed by atoms with Crippen molar-refractivity contribution in [2.24, 2.45) is 0 Å². The number of hydrogen-bond donors (Lipinski definition) is 1. The summed E-state index contributed by atoms with van der Waals surface area (Å²) in [5, 5.41) is 10.6. The first kappa shape index (κ1) is 21.7. The van der Waals surface area contributed by atoms with Gasteiger partial charge in [-0.3, -0.25) is 14.5 Å². The third-order valence-corrected chi connectivity index (χ3v) is 6.62. The zero-order valence-corrected chi connectivity index (χ0v) is 20.1. The number of ether oxygens (including phenoxy) is 1. The van der Waals surface area contributed by atoms with Crippen LogP contribution in [0.25, 0.3) is 11.0 Å². The summed E-state index contributed by atoms with van der Waals surface area (Å²) in [4.78, 5) is 28.5. The molecule has 1 N–H and O–H groups in total. The molecular formula is C24H14Br2FNO5. The normalized spacial score (nSPS) is 15.2. The number of carbonyl (C=O) groups excluding carboxylic acids is 1. The molecule has 4 aromatic rings. The highest BCUT2D eigenvalue weighted by Crippen LogP contribution is 2.45. The van der Waals surface area contributed by atoms with Crippen molar-refractivity contribution in [3.05, 3.63) is 96.5 Å². The van der Waals surface area contributed by atoms with Crippen LogP contribution in [0, 0.1) is 5.82 Å². The molecule has 9 heteroatoms. The smallest absolute Gasteiger partial charge is 0.295 e. The molecule has 1 unspecified atom stereocenters. The van der Waals surface area contributed by atoms with Crippen molar-refractivity contribution in [3.63, 3.8) is 0 Å². The number of hydrogen-bond acceptors (Lipinski definition) is 5. The topological polar surface area (TPSA) is 80.0 Å². The first-order valence-electron chi connectivity index (χ1n) is 9.72. The lowest BCUT2D eigenvalue weighted by atomic mass is 9.97. The Morgan fingerprint density at radius 2 is 1.79 bits per heavy atom. The maximum absolute atomic E-state index is 13.6. The van der Waals surface area contributed by atoms with Crippen LogP contribution in [0.2, 0.25) is 0 Å². The van der Waals surface area contributed by atoms with Crippen molar-refractivity contribution in [1.29, 1.82) is 0 Å². The summed E-state index contributed by atoms with van der Waals surface area (Å²) in [5.41, 5.74) is 0.938. The van der Waals surface area contributed by atoms with Crippen molar-refractivity contribution < 1.29 is 23.4 Å². The first-order valence-corrected chi connectivity index (χ1v) is 11.3. The van der Waals surface area contributed by atoms with E-state index in [1.165, 1.54) is 36.3 Å². The monoisotopic (exact) mass is 573 g/mol. The van der Waals surface area contributed by atoms with Gasteiger partial charge in [0.1, 0.15) is 11.4 Å². The van der Waals surface area contributed by atoms with Crippen molar-refractivity contribution in [1.82, 2.24) is 0 Å². The quantitative estimate of drug-likeness (QED) is 0.328. The lowest BCUT2D eigenvalue weighted by Crippen LogP contribution is -2.29. The standard InChI is InChI=1S/C24H14Br2FNO5/c1-32-18-9-11(8-16(26)22(18)30)20-19-21(29)15-10-12(25)2-7-17(15)33-23(19)24(31)28(20)14-5-3-13(27)4-6-14/h2-10,20,30H,1H3. The number of fused-ring (bicyclic) bond motifs is 2. The van der Waals surface area contributed by atoms with Gasteiger partial charge in [0.2, 0.25) is 5.76 Å². The third kappa shape index (κ3) is 3.43. The Kier molecular flexibility index (Phi) is 5.25. The van der Waals surface area contributed by atoms with Gasteiger partial charge >= 0.3 is 0 Å². The number of rotatable bonds is 3. The van der Waals surface area contributed by atoms with Crippen LogP contribution < -0.4 is 15.1 Å². The van der Waals surface area contributed by atoms with E-state index in [0.29, 0.717) is 25.6 Å². The zero-order chi connectivity index (χ0) is 23.4. The summed E-state index contributed by atoms with van der Waals surface area (Å²) in [5.74, 6) is -1.04. The number of phenolic OH excluding ortho intramolecular Hbond substituents is 1. The van der Waals surface area contributed by atoms with Gasteiger partial charge in [-0.1, -0.05) is 15.9 Å². The minimum atomic E-state index is -0.900. The van der Waals surface area contributed by atoms with E-state index in [9.17, 15) is 19.1 Å². The number of benzene rings is 3. The third-order valence-electron chi connectivity index (χ3n) is 5.52. The largest absolute Gasteiger partial charge is 0.503 e. The molecule has 0 radical (unpaired) electrons. The molecule has 0 fully saturated rings. The highest BCUT2D eigenvalue weighted by Gasteiger charge is 2.44. The molecule has 1 aliphatic rings. The minimum absolute atomic E-state index is 0.0905. The molecule has 0 bridgehead atoms. The number of amides is 1. The average Bonchev–Trinajstić information content (AvgIpc) is 3.09. The fraction of sp³-hybridized carbons (Fsp3) is 0.0833. The van der Waals surface area contributed by atoms with Gasteiger partial charge in [0.25, 0.3) is 5.91 Å². The molecule has 2 heterocycles. The predicted molar refractivity (Wildman–Crippen MR) is 128 cm³/mol. The van der Waals surface area contributed by atoms with E-state index in [-0.39, 0.29) is 33.8 Å². The van der Waals surface area contributed by atoms with Gasteiger partial charge in [0, 0.05) is 10.2 Å². The van der Waals surface area contributed by atoms with E-state index >= 15 is 0 Å². The molecule has 1 aliphatic heterocycles. The Hall–Kier alpha value is -3.17. The maximum atomic E-state index is 13.6. The lowest BCUT2D eigenvalue weighted by molar-refractivity contribution is 0.0971. The Bertz CT molecular complexity index is 1500.